The van der Waals surface area contributed by atoms with Crippen LogP contribution >= 0.6 is 0 Å². The molecule has 3 aliphatic rings. The lowest BCUT2D eigenvalue weighted by atomic mass is 9.55. The minimum absolute atomic E-state index is 0.120. The van der Waals surface area contributed by atoms with E-state index in [2.05, 4.69) is 25.1 Å². The van der Waals surface area contributed by atoms with Crippen LogP contribution in [0.3, 0.4) is 0 Å². The summed E-state index contributed by atoms with van der Waals surface area (Å²) in [6.45, 7) is 3.92. The maximum atomic E-state index is 11.5. The SMILES string of the molecule is COc1ccc2c(c1)CC[C@@H]1[C@@H]2CC[C@]2(C)[C@@H](OC(C)=O)CC[C@@H]12. The van der Waals surface area contributed by atoms with Crippen molar-refractivity contribution in [2.24, 2.45) is 17.3 Å². The molecular weight excluding hydrogens is 300 g/mol. The van der Waals surface area contributed by atoms with Crippen LogP contribution in [0.5, 0.6) is 5.75 Å². The van der Waals surface area contributed by atoms with Gasteiger partial charge in [0.05, 0.1) is 7.11 Å². The molecule has 2 saturated carbocycles. The number of benzene rings is 1. The number of carbonyl (C=O) groups is 1. The predicted molar refractivity (Wildman–Crippen MR) is 93.2 cm³/mol. The summed E-state index contributed by atoms with van der Waals surface area (Å²) >= 11 is 0. The maximum absolute atomic E-state index is 11.5. The number of hydrogen-bond acceptors (Lipinski definition) is 3. The first kappa shape index (κ1) is 16.0. The molecule has 2 fully saturated rings. The van der Waals surface area contributed by atoms with E-state index in [9.17, 15) is 4.79 Å². The summed E-state index contributed by atoms with van der Waals surface area (Å²) in [5.41, 5.74) is 3.20. The lowest BCUT2D eigenvalue weighted by Crippen LogP contribution is -2.45. The van der Waals surface area contributed by atoms with Crippen molar-refractivity contribution in [1.29, 1.82) is 0 Å². The summed E-state index contributed by atoms with van der Waals surface area (Å²) in [7, 11) is 1.74. The summed E-state index contributed by atoms with van der Waals surface area (Å²) in [6, 6.07) is 6.65. The molecule has 0 heterocycles. The topological polar surface area (TPSA) is 35.5 Å². The number of ether oxygens (including phenoxy) is 2. The molecule has 0 amide bonds. The van der Waals surface area contributed by atoms with E-state index in [1.165, 1.54) is 31.2 Å². The Morgan fingerprint density at radius 2 is 2.04 bits per heavy atom. The van der Waals surface area contributed by atoms with Gasteiger partial charge in [0.2, 0.25) is 0 Å². The minimum Gasteiger partial charge on any atom is -0.497 e. The monoisotopic (exact) mass is 328 g/mol. The number of fused-ring (bicyclic) bond motifs is 5. The number of esters is 1. The molecule has 1 aromatic carbocycles. The second-order valence-electron chi connectivity index (χ2n) is 8.20. The first-order valence-corrected chi connectivity index (χ1v) is 9.37. The Balaban J connectivity index is 1.62. The van der Waals surface area contributed by atoms with Crippen molar-refractivity contribution in [3.05, 3.63) is 29.3 Å². The van der Waals surface area contributed by atoms with Gasteiger partial charge in [0.15, 0.2) is 0 Å². The third-order valence-corrected chi connectivity index (χ3v) is 7.15. The number of carbonyl (C=O) groups excluding carboxylic acids is 1. The zero-order valence-corrected chi connectivity index (χ0v) is 15.0. The fourth-order valence-corrected chi connectivity index (χ4v) is 6.03. The normalized spacial score (nSPS) is 37.1. The standard InChI is InChI=1S/C21H28O3/c1-13(22)24-20-9-8-19-18-6-4-14-12-15(23-3)5-7-16(14)17(18)10-11-21(19,20)2/h5,7,12,17-20H,4,6,8-11H2,1-3H3/t17-,18-,19+,20+,21+/m1/s1. The van der Waals surface area contributed by atoms with Gasteiger partial charge in [-0.3, -0.25) is 4.79 Å². The van der Waals surface area contributed by atoms with Crippen LogP contribution in [0.1, 0.15) is 63.0 Å². The van der Waals surface area contributed by atoms with Gasteiger partial charge >= 0.3 is 5.97 Å². The van der Waals surface area contributed by atoms with E-state index < -0.39 is 0 Å². The molecular formula is C21H28O3. The number of aryl methyl sites for hydroxylation is 1. The average Bonchev–Trinajstić information content (AvgIpc) is 2.90. The lowest BCUT2D eigenvalue weighted by molar-refractivity contribution is -0.154. The van der Waals surface area contributed by atoms with E-state index in [1.54, 1.807) is 19.6 Å². The van der Waals surface area contributed by atoms with E-state index in [-0.39, 0.29) is 17.5 Å². The van der Waals surface area contributed by atoms with Gasteiger partial charge in [-0.25, -0.2) is 0 Å². The maximum Gasteiger partial charge on any atom is 0.302 e. The number of rotatable bonds is 2. The van der Waals surface area contributed by atoms with Gasteiger partial charge in [-0.05, 0) is 79.5 Å². The quantitative estimate of drug-likeness (QED) is 0.751. The molecule has 24 heavy (non-hydrogen) atoms. The molecule has 0 unspecified atom stereocenters. The summed E-state index contributed by atoms with van der Waals surface area (Å²) in [4.78, 5) is 11.5. The molecule has 0 radical (unpaired) electrons. The van der Waals surface area contributed by atoms with Gasteiger partial charge in [-0.15, -0.1) is 0 Å². The predicted octanol–water partition coefficient (Wildman–Crippen LogP) is 4.48. The van der Waals surface area contributed by atoms with Gasteiger partial charge < -0.3 is 9.47 Å². The van der Waals surface area contributed by atoms with E-state index in [0.717, 1.165) is 24.5 Å². The van der Waals surface area contributed by atoms with Gasteiger partial charge in [0, 0.05) is 12.3 Å². The van der Waals surface area contributed by atoms with Crippen LogP contribution in [-0.2, 0) is 16.0 Å². The van der Waals surface area contributed by atoms with Gasteiger partial charge in [-0.1, -0.05) is 13.0 Å². The molecule has 3 nitrogen and oxygen atoms in total. The van der Waals surface area contributed by atoms with Crippen molar-refractivity contribution in [3.63, 3.8) is 0 Å². The molecule has 0 bridgehead atoms. The van der Waals surface area contributed by atoms with Crippen LogP contribution in [0.4, 0.5) is 0 Å². The molecule has 3 heteroatoms. The fraction of sp³-hybridized carbons (Fsp3) is 0.667. The Morgan fingerprint density at radius 1 is 1.21 bits per heavy atom. The van der Waals surface area contributed by atoms with Gasteiger partial charge in [0.1, 0.15) is 11.9 Å². The summed E-state index contributed by atoms with van der Waals surface area (Å²) < 4.78 is 11.1. The highest BCUT2D eigenvalue weighted by Crippen LogP contribution is 2.61. The van der Waals surface area contributed by atoms with Crippen molar-refractivity contribution in [3.8, 4) is 5.75 Å². The van der Waals surface area contributed by atoms with Crippen molar-refractivity contribution in [2.45, 2.75) is 64.4 Å². The Bertz CT molecular complexity index is 652. The molecule has 0 aliphatic heterocycles. The van der Waals surface area contributed by atoms with E-state index in [1.807, 2.05) is 0 Å². The van der Waals surface area contributed by atoms with Crippen LogP contribution in [0.25, 0.3) is 0 Å². The zero-order chi connectivity index (χ0) is 16.9. The molecule has 3 aliphatic carbocycles. The van der Waals surface area contributed by atoms with Crippen molar-refractivity contribution < 1.29 is 14.3 Å². The Hall–Kier alpha value is -1.51. The third kappa shape index (κ3) is 2.35. The largest absolute Gasteiger partial charge is 0.497 e. The molecule has 0 saturated heterocycles. The Labute approximate surface area is 144 Å². The van der Waals surface area contributed by atoms with E-state index in [4.69, 9.17) is 9.47 Å². The second kappa shape index (κ2) is 5.79. The van der Waals surface area contributed by atoms with Crippen LogP contribution in [0, 0.1) is 17.3 Å². The molecule has 0 spiro atoms. The highest BCUT2D eigenvalue weighted by molar-refractivity contribution is 5.66. The van der Waals surface area contributed by atoms with Gasteiger partial charge in [-0.2, -0.15) is 0 Å². The van der Waals surface area contributed by atoms with Crippen LogP contribution < -0.4 is 4.74 Å². The fourth-order valence-electron chi connectivity index (χ4n) is 6.03. The Kier molecular flexibility index (Phi) is 3.85. The zero-order valence-electron chi connectivity index (χ0n) is 15.0. The van der Waals surface area contributed by atoms with Crippen molar-refractivity contribution in [2.75, 3.05) is 7.11 Å². The van der Waals surface area contributed by atoms with E-state index >= 15 is 0 Å². The lowest BCUT2D eigenvalue weighted by Gasteiger charge is -2.50. The summed E-state index contributed by atoms with van der Waals surface area (Å²) in [6.07, 6.45) is 7.17. The first-order valence-electron chi connectivity index (χ1n) is 9.37. The number of methoxy groups -OCH3 is 1. The highest BCUT2D eigenvalue weighted by Gasteiger charge is 2.56. The summed E-state index contributed by atoms with van der Waals surface area (Å²) in [5, 5.41) is 0. The van der Waals surface area contributed by atoms with Crippen LogP contribution in [-0.4, -0.2) is 19.2 Å². The number of hydrogen-bond donors (Lipinski definition) is 0. The van der Waals surface area contributed by atoms with Gasteiger partial charge in [0.25, 0.3) is 0 Å². The summed E-state index contributed by atoms with van der Waals surface area (Å²) in [5.74, 6) is 2.96. The third-order valence-electron chi connectivity index (χ3n) is 7.15. The minimum atomic E-state index is -0.120. The molecule has 4 rings (SSSR count). The second-order valence-corrected chi connectivity index (χ2v) is 8.20. The Morgan fingerprint density at radius 3 is 2.79 bits per heavy atom. The molecule has 1 aromatic rings. The molecule has 0 N–H and O–H groups in total. The van der Waals surface area contributed by atoms with Crippen molar-refractivity contribution >= 4 is 5.97 Å². The first-order chi connectivity index (χ1) is 11.5. The molecule has 5 atom stereocenters. The van der Waals surface area contributed by atoms with Crippen LogP contribution in [0.2, 0.25) is 0 Å². The smallest absolute Gasteiger partial charge is 0.302 e. The van der Waals surface area contributed by atoms with Crippen molar-refractivity contribution in [1.82, 2.24) is 0 Å². The highest BCUT2D eigenvalue weighted by atomic mass is 16.5. The molecule has 0 aromatic heterocycles. The molecule has 130 valence electrons. The van der Waals surface area contributed by atoms with Crippen LogP contribution in [0.15, 0.2) is 18.2 Å². The average molecular weight is 328 g/mol. The van der Waals surface area contributed by atoms with E-state index in [0.29, 0.717) is 11.8 Å².